The summed E-state index contributed by atoms with van der Waals surface area (Å²) >= 11 is 1.45. The van der Waals surface area contributed by atoms with E-state index in [-0.39, 0.29) is 70.2 Å². The maximum Gasteiger partial charge on any atom is 0.300 e. The zero-order valence-electron chi connectivity index (χ0n) is 54.2. The van der Waals surface area contributed by atoms with Crippen LogP contribution in [0.5, 0.6) is 0 Å². The molecule has 2 aromatic heterocycles. The fourth-order valence-electron chi connectivity index (χ4n) is 10.6. The second kappa shape index (κ2) is 37.1. The van der Waals surface area contributed by atoms with Crippen molar-refractivity contribution in [2.75, 3.05) is 25.1 Å². The van der Waals surface area contributed by atoms with Crippen LogP contribution in [0.4, 0.5) is 0 Å². The molecule has 0 aliphatic carbocycles. The number of primary amides is 2. The summed E-state index contributed by atoms with van der Waals surface area (Å²) in [5.41, 5.74) is 13.5. The fourth-order valence-corrected chi connectivity index (χ4v) is 11.0. The lowest BCUT2D eigenvalue weighted by Crippen LogP contribution is -2.60. The van der Waals surface area contributed by atoms with Crippen LogP contribution in [0.1, 0.15) is 103 Å². The number of likely N-dealkylation sites (tertiary alicyclic amines) is 1. The summed E-state index contributed by atoms with van der Waals surface area (Å²) in [4.78, 5) is 196. The Balaban J connectivity index is 0.00000397. The van der Waals surface area contributed by atoms with E-state index in [2.05, 4.69) is 68.1 Å². The molecule has 32 heteroatoms. The summed E-state index contributed by atoms with van der Waals surface area (Å²) in [6.45, 7) is 8.57. The second-order valence-corrected chi connectivity index (χ2v) is 24.8. The van der Waals surface area contributed by atoms with E-state index in [1.165, 1.54) is 36.1 Å². The van der Waals surface area contributed by atoms with Gasteiger partial charge in [0.05, 0.1) is 12.9 Å². The average molecular weight is 1340 g/mol. The van der Waals surface area contributed by atoms with Crippen molar-refractivity contribution in [3.8, 4) is 0 Å². The van der Waals surface area contributed by atoms with Gasteiger partial charge in [0.2, 0.25) is 76.8 Å². The standard InChI is InChI=1S/C61H84N16O13S.C2H4O2/c1-32(2)50(60(89)66-30-49(80)70-45(27-37-29-64-31-67-37)58(87)73-43(25-35-13-8-7-9-14-35)57(86)71-40(52(63)81)22-24-91-6)75-53(82)34(5)68-56(85)44(26-36-28-65-39-16-11-10-15-38(36)39)74-54(83)42(18-20-47(62)78)72-59(88)46-17-12-23-77(46)61(90)51(33(3)4)76-55(84)41-19-21-48(79)69-41;1-2(3)4/h7-11,13-16,28-29,31-34,40-46,50-51,65H,12,17-27,30H2,1-6H3,(H2,62,78)(H2,63,81)(H,64,67)(H,66,89)(H,68,85)(H,69,79)(H,70,80)(H,71,86)(H,72,88)(H,73,87)(H,74,83)(H,75,82)(H,76,84);1H3,(H,3,4). The minimum absolute atomic E-state index is 0.00439. The number of rotatable bonds is 34. The van der Waals surface area contributed by atoms with Crippen LogP contribution in [0.15, 0.2) is 73.3 Å². The normalized spacial score (nSPS) is 16.7. The predicted octanol–water partition coefficient (Wildman–Crippen LogP) is -1.89. The van der Waals surface area contributed by atoms with E-state index < -0.39 is 156 Å². The average Bonchev–Trinajstić information content (AvgIpc) is 1.75. The van der Waals surface area contributed by atoms with Gasteiger partial charge in [-0.25, -0.2) is 4.98 Å². The molecule has 10 unspecified atom stereocenters. The third-order valence-electron chi connectivity index (χ3n) is 15.7. The number of nitrogens with one attached hydrogen (secondary N) is 12. The highest BCUT2D eigenvalue weighted by molar-refractivity contribution is 7.98. The Bertz CT molecular complexity index is 3360. The van der Waals surface area contributed by atoms with Gasteiger partial charge in [0.15, 0.2) is 0 Å². The molecule has 516 valence electrons. The van der Waals surface area contributed by atoms with Crippen molar-refractivity contribution in [3.05, 3.63) is 90.1 Å². The first-order chi connectivity index (χ1) is 45.1. The summed E-state index contributed by atoms with van der Waals surface area (Å²) in [5.74, 6) is -10.8. The van der Waals surface area contributed by atoms with Crippen molar-refractivity contribution < 1.29 is 72.2 Å². The van der Waals surface area contributed by atoms with Crippen LogP contribution in [0.25, 0.3) is 10.9 Å². The first kappa shape index (κ1) is 75.8. The number of benzene rings is 2. The molecular formula is C63H88N16O15S. The minimum atomic E-state index is -1.48. The zero-order valence-corrected chi connectivity index (χ0v) is 55.0. The predicted molar refractivity (Wildman–Crippen MR) is 348 cm³/mol. The van der Waals surface area contributed by atoms with E-state index in [9.17, 15) is 62.3 Å². The van der Waals surface area contributed by atoms with Crippen molar-refractivity contribution in [3.63, 3.8) is 0 Å². The molecule has 17 N–H and O–H groups in total. The lowest BCUT2D eigenvalue weighted by molar-refractivity contribution is -0.143. The molecule has 31 nitrogen and oxygen atoms in total. The molecule has 4 heterocycles. The maximum atomic E-state index is 14.5. The van der Waals surface area contributed by atoms with E-state index in [1.54, 1.807) is 88.5 Å². The quantitative estimate of drug-likeness (QED) is 0.0243. The lowest BCUT2D eigenvalue weighted by atomic mass is 10.0. The highest BCUT2D eigenvalue weighted by Crippen LogP contribution is 2.23. The van der Waals surface area contributed by atoms with Gasteiger partial charge in [0, 0.05) is 74.6 Å². The lowest BCUT2D eigenvalue weighted by Gasteiger charge is -2.32. The Kier molecular flexibility index (Phi) is 29.6. The Hall–Kier alpha value is -9.88. The summed E-state index contributed by atoms with van der Waals surface area (Å²) in [6, 6.07) is 3.79. The molecule has 2 aromatic carbocycles. The topological polar surface area (TPSA) is 479 Å². The molecule has 2 fully saturated rings. The molecule has 0 bridgehead atoms. The number of para-hydroxylation sites is 1. The number of aromatic nitrogens is 3. The van der Waals surface area contributed by atoms with Crippen molar-refractivity contribution in [1.29, 1.82) is 0 Å². The Labute approximate surface area is 553 Å². The molecule has 2 aliphatic heterocycles. The minimum Gasteiger partial charge on any atom is -0.481 e. The smallest absolute Gasteiger partial charge is 0.300 e. The van der Waals surface area contributed by atoms with Gasteiger partial charge in [-0.05, 0) is 80.1 Å². The first-order valence-electron chi connectivity index (χ1n) is 31.2. The zero-order chi connectivity index (χ0) is 70.1. The van der Waals surface area contributed by atoms with Gasteiger partial charge >= 0.3 is 0 Å². The van der Waals surface area contributed by atoms with Crippen LogP contribution in [-0.4, -0.2) is 193 Å². The van der Waals surface area contributed by atoms with E-state index in [0.29, 0.717) is 39.9 Å². The van der Waals surface area contributed by atoms with Gasteiger partial charge in [0.25, 0.3) is 5.97 Å². The van der Waals surface area contributed by atoms with Gasteiger partial charge in [-0.1, -0.05) is 76.2 Å². The van der Waals surface area contributed by atoms with Crippen LogP contribution < -0.4 is 64.6 Å². The SMILES string of the molecule is CC(=O)O.CSCCC(NC(=O)C(Cc1ccccc1)NC(=O)C(Cc1cnc[nH]1)NC(=O)CNC(=O)C(NC(=O)C(C)NC(=O)C(Cc1c[nH]c2ccccc12)NC(=O)C(CCC(N)=O)NC(=O)C1CCCN1C(=O)C(NC(=O)C1CCC(=O)N1)C(C)C)C(C)C)C(N)=O. The van der Waals surface area contributed by atoms with Crippen molar-refractivity contribution in [2.45, 2.75) is 166 Å². The number of carbonyl (C=O) groups excluding carboxylic acids is 13. The Morgan fingerprint density at radius 1 is 0.663 bits per heavy atom. The summed E-state index contributed by atoms with van der Waals surface area (Å²) < 4.78 is 0. The van der Waals surface area contributed by atoms with Gasteiger partial charge in [-0.2, -0.15) is 11.8 Å². The van der Waals surface area contributed by atoms with E-state index in [0.717, 1.165) is 6.92 Å². The molecule has 4 aromatic rings. The molecular weight excluding hydrogens is 1250 g/mol. The van der Waals surface area contributed by atoms with Crippen LogP contribution >= 0.6 is 11.8 Å². The van der Waals surface area contributed by atoms with E-state index >= 15 is 0 Å². The highest BCUT2D eigenvalue weighted by atomic mass is 32.2. The number of aromatic amines is 2. The summed E-state index contributed by atoms with van der Waals surface area (Å²) in [7, 11) is 0. The molecule has 2 aliphatic rings. The number of H-pyrrole nitrogens is 2. The second-order valence-electron chi connectivity index (χ2n) is 23.9. The largest absolute Gasteiger partial charge is 0.481 e. The number of hydrogen-bond donors (Lipinski definition) is 15. The molecule has 6 rings (SSSR count). The third-order valence-corrected chi connectivity index (χ3v) is 16.3. The highest BCUT2D eigenvalue weighted by Gasteiger charge is 2.42. The number of carboxylic acid groups (broad SMARTS) is 1. The van der Waals surface area contributed by atoms with Crippen LogP contribution in [0.3, 0.4) is 0 Å². The van der Waals surface area contributed by atoms with Gasteiger partial charge in [0.1, 0.15) is 60.4 Å². The first-order valence-corrected chi connectivity index (χ1v) is 32.6. The monoisotopic (exact) mass is 1340 g/mol. The van der Waals surface area contributed by atoms with Crippen LogP contribution in [0.2, 0.25) is 0 Å². The maximum absolute atomic E-state index is 14.5. The fraction of sp³-hybridized carbons (Fsp3) is 0.508. The molecule has 2 saturated heterocycles. The van der Waals surface area contributed by atoms with Crippen molar-refractivity contribution in [1.82, 2.24) is 73.0 Å². The number of aliphatic carboxylic acids is 1. The molecule has 0 radical (unpaired) electrons. The number of amides is 13. The summed E-state index contributed by atoms with van der Waals surface area (Å²) in [6.07, 6.45) is 6.55. The summed E-state index contributed by atoms with van der Waals surface area (Å²) in [5, 5.41) is 34.5. The number of hydrogen-bond acceptors (Lipinski definition) is 16. The Morgan fingerprint density at radius 3 is 1.87 bits per heavy atom. The van der Waals surface area contributed by atoms with Crippen LogP contribution in [-0.2, 0) is 86.4 Å². The number of thioether (sulfide) groups is 1. The van der Waals surface area contributed by atoms with Crippen molar-refractivity contribution >= 4 is 105 Å². The molecule has 0 saturated carbocycles. The van der Waals surface area contributed by atoms with Gasteiger partial charge in [-0.15, -0.1) is 0 Å². The van der Waals surface area contributed by atoms with Crippen molar-refractivity contribution in [2.24, 2.45) is 23.3 Å². The molecule has 13 amide bonds. The molecule has 0 spiro atoms. The number of nitrogens with zero attached hydrogens (tertiary/aromatic N) is 2. The van der Waals surface area contributed by atoms with E-state index in [4.69, 9.17) is 21.4 Å². The number of nitrogens with two attached hydrogens (primary N) is 2. The number of carbonyl (C=O) groups is 14. The number of carboxylic acids is 1. The van der Waals surface area contributed by atoms with Gasteiger partial charge < -0.3 is 84.6 Å². The molecule has 10 atom stereocenters. The Morgan fingerprint density at radius 2 is 1.27 bits per heavy atom. The number of fused-ring (bicyclic) bond motifs is 1. The third kappa shape index (κ3) is 23.9. The van der Waals surface area contributed by atoms with E-state index in [1.807, 2.05) is 6.26 Å². The van der Waals surface area contributed by atoms with Crippen LogP contribution in [0, 0.1) is 11.8 Å². The molecule has 95 heavy (non-hydrogen) atoms. The van der Waals surface area contributed by atoms with Gasteiger partial charge in [-0.3, -0.25) is 67.1 Å². The number of imidazole rings is 1.